The fraction of sp³-hybridized carbons (Fsp3) is 0.231. The van der Waals surface area contributed by atoms with Crippen LogP contribution in [0.2, 0.25) is 0 Å². The number of benzene rings is 2. The van der Waals surface area contributed by atoms with Gasteiger partial charge in [0.1, 0.15) is 17.7 Å². The number of pyridine rings is 2. The zero-order valence-corrected chi connectivity index (χ0v) is 19.5. The Kier molecular flexibility index (Phi) is 6.42. The van der Waals surface area contributed by atoms with Crippen LogP contribution < -0.4 is 20.1 Å². The van der Waals surface area contributed by atoms with E-state index in [2.05, 4.69) is 4.98 Å². The van der Waals surface area contributed by atoms with E-state index in [0.717, 1.165) is 22.6 Å². The van der Waals surface area contributed by atoms with E-state index in [4.69, 9.17) is 14.2 Å². The zero-order valence-electron chi connectivity index (χ0n) is 18.7. The van der Waals surface area contributed by atoms with Gasteiger partial charge in [-0.1, -0.05) is 42.5 Å². The van der Waals surface area contributed by atoms with E-state index in [1.165, 1.54) is 0 Å². The minimum absolute atomic E-state index is 0.235. The van der Waals surface area contributed by atoms with Crippen LogP contribution in [-0.4, -0.2) is 35.0 Å². The lowest BCUT2D eigenvalue weighted by Gasteiger charge is -2.18. The average Bonchev–Trinajstić information content (AvgIpc) is 3.33. The van der Waals surface area contributed by atoms with Crippen LogP contribution in [0.1, 0.15) is 11.1 Å². The number of hydrogen-bond donors (Lipinski definition) is 0. The SMILES string of the molecule is C[S+](CCOCc1ccc2c(c1)OCO2)c1c([O-])c2cccnc2n(Cc2ccccc2)c1=O. The van der Waals surface area contributed by atoms with Gasteiger partial charge in [0, 0.05) is 22.5 Å². The molecule has 2 aromatic carbocycles. The molecule has 1 aliphatic heterocycles. The van der Waals surface area contributed by atoms with Gasteiger partial charge in [0.05, 0.1) is 19.8 Å². The lowest BCUT2D eigenvalue weighted by atomic mass is 10.2. The topological polar surface area (TPSA) is 85.6 Å². The van der Waals surface area contributed by atoms with E-state index < -0.39 is 10.9 Å². The Hall–Kier alpha value is -3.49. The van der Waals surface area contributed by atoms with E-state index in [9.17, 15) is 9.90 Å². The van der Waals surface area contributed by atoms with Crippen LogP contribution >= 0.6 is 0 Å². The summed E-state index contributed by atoms with van der Waals surface area (Å²) in [6, 6.07) is 18.9. The quantitative estimate of drug-likeness (QED) is 0.287. The molecular weight excluding hydrogens is 452 g/mol. The molecule has 8 heteroatoms. The maximum atomic E-state index is 13.5. The second-order valence-electron chi connectivity index (χ2n) is 7.99. The molecule has 0 aliphatic carbocycles. The average molecular weight is 477 g/mol. The number of fused-ring (bicyclic) bond motifs is 2. The molecule has 0 saturated heterocycles. The van der Waals surface area contributed by atoms with Crippen molar-refractivity contribution in [3.8, 4) is 17.2 Å². The molecule has 174 valence electrons. The summed E-state index contributed by atoms with van der Waals surface area (Å²) in [4.78, 5) is 18.1. The molecule has 0 N–H and O–H groups in total. The highest BCUT2D eigenvalue weighted by Crippen LogP contribution is 2.32. The largest absolute Gasteiger partial charge is 0.868 e. The van der Waals surface area contributed by atoms with Crippen LogP contribution in [-0.2, 0) is 28.8 Å². The van der Waals surface area contributed by atoms with E-state index in [-0.39, 0.29) is 18.1 Å². The number of aromatic nitrogens is 2. The van der Waals surface area contributed by atoms with Crippen molar-refractivity contribution in [2.24, 2.45) is 0 Å². The van der Waals surface area contributed by atoms with E-state index in [0.29, 0.717) is 41.4 Å². The van der Waals surface area contributed by atoms with Gasteiger partial charge in [0.15, 0.2) is 11.5 Å². The molecule has 0 saturated carbocycles. The molecule has 1 atom stereocenters. The fourth-order valence-electron chi connectivity index (χ4n) is 3.95. The maximum absolute atomic E-state index is 13.5. The Labute approximate surface area is 199 Å². The van der Waals surface area contributed by atoms with E-state index >= 15 is 0 Å². The lowest BCUT2D eigenvalue weighted by Crippen LogP contribution is -2.30. The van der Waals surface area contributed by atoms with Gasteiger partial charge >= 0.3 is 5.56 Å². The highest BCUT2D eigenvalue weighted by atomic mass is 32.2. The molecule has 1 aliphatic rings. The van der Waals surface area contributed by atoms with Gasteiger partial charge in [-0.15, -0.1) is 0 Å². The summed E-state index contributed by atoms with van der Waals surface area (Å²) in [5, 5.41) is 13.7. The first-order chi connectivity index (χ1) is 16.6. The van der Waals surface area contributed by atoms with Gasteiger partial charge in [-0.25, -0.2) is 4.98 Å². The second kappa shape index (κ2) is 9.79. The molecule has 1 unspecified atom stereocenters. The highest BCUT2D eigenvalue weighted by Gasteiger charge is 2.25. The van der Waals surface area contributed by atoms with Crippen LogP contribution in [0.5, 0.6) is 17.2 Å². The number of ether oxygens (including phenoxy) is 3. The number of hydrogen-bond acceptors (Lipinski definition) is 6. The van der Waals surface area contributed by atoms with Crippen LogP contribution in [0.15, 0.2) is 76.6 Å². The monoisotopic (exact) mass is 476 g/mol. The summed E-state index contributed by atoms with van der Waals surface area (Å²) in [5.41, 5.74) is 2.10. The molecule has 0 spiro atoms. The van der Waals surface area contributed by atoms with Crippen molar-refractivity contribution >= 4 is 21.9 Å². The first-order valence-electron chi connectivity index (χ1n) is 10.9. The van der Waals surface area contributed by atoms with E-state index in [1.54, 1.807) is 22.9 Å². The molecule has 0 fully saturated rings. The minimum Gasteiger partial charge on any atom is -0.868 e. The first-order valence-corrected chi connectivity index (χ1v) is 12.7. The summed E-state index contributed by atoms with van der Waals surface area (Å²) < 4.78 is 18.2. The van der Waals surface area contributed by atoms with Gasteiger partial charge < -0.3 is 19.3 Å². The van der Waals surface area contributed by atoms with Gasteiger partial charge in [-0.3, -0.25) is 9.36 Å². The van der Waals surface area contributed by atoms with Gasteiger partial charge in [0.25, 0.3) is 0 Å². The van der Waals surface area contributed by atoms with Crippen molar-refractivity contribution in [3.05, 3.63) is 88.3 Å². The van der Waals surface area contributed by atoms with Crippen molar-refractivity contribution in [3.63, 3.8) is 0 Å². The Balaban J connectivity index is 1.34. The third-order valence-electron chi connectivity index (χ3n) is 5.70. The molecule has 2 aromatic heterocycles. The molecule has 7 nitrogen and oxygen atoms in total. The molecule has 0 radical (unpaired) electrons. The summed E-state index contributed by atoms with van der Waals surface area (Å²) >= 11 is 0. The van der Waals surface area contributed by atoms with E-state index in [1.807, 2.05) is 54.8 Å². The van der Waals surface area contributed by atoms with Crippen molar-refractivity contribution in [2.75, 3.05) is 25.4 Å². The zero-order chi connectivity index (χ0) is 23.5. The van der Waals surface area contributed by atoms with Gasteiger partial charge in [-0.2, -0.15) is 0 Å². The predicted molar refractivity (Wildman–Crippen MR) is 130 cm³/mol. The predicted octanol–water partition coefficient (Wildman–Crippen LogP) is 3.07. The molecule has 0 bridgehead atoms. The van der Waals surface area contributed by atoms with Crippen LogP contribution in [0.25, 0.3) is 11.0 Å². The molecule has 3 heterocycles. The van der Waals surface area contributed by atoms with Crippen molar-refractivity contribution in [2.45, 2.75) is 18.0 Å². The lowest BCUT2D eigenvalue weighted by molar-refractivity contribution is -0.270. The molecule has 5 rings (SSSR count). The van der Waals surface area contributed by atoms with Crippen molar-refractivity contribution < 1.29 is 19.3 Å². The molecular formula is C26H24N2O5S. The third kappa shape index (κ3) is 4.47. The second-order valence-corrected chi connectivity index (χ2v) is 10.1. The van der Waals surface area contributed by atoms with Gasteiger partial charge in [0.2, 0.25) is 11.7 Å². The minimum atomic E-state index is -0.582. The molecule has 34 heavy (non-hydrogen) atoms. The van der Waals surface area contributed by atoms with Crippen molar-refractivity contribution in [1.29, 1.82) is 0 Å². The Bertz CT molecular complexity index is 1370. The number of nitrogens with zero attached hydrogens (tertiary/aromatic N) is 2. The smallest absolute Gasteiger partial charge is 0.307 e. The van der Waals surface area contributed by atoms with Crippen LogP contribution in [0.3, 0.4) is 0 Å². The molecule has 0 amide bonds. The Morgan fingerprint density at radius 1 is 1.06 bits per heavy atom. The Morgan fingerprint density at radius 2 is 1.88 bits per heavy atom. The fourth-order valence-corrected chi connectivity index (χ4v) is 5.36. The highest BCUT2D eigenvalue weighted by molar-refractivity contribution is 7.96. The third-order valence-corrected chi connectivity index (χ3v) is 7.54. The molecule has 4 aromatic rings. The summed E-state index contributed by atoms with van der Waals surface area (Å²) in [5.74, 6) is 1.79. The Morgan fingerprint density at radius 3 is 2.74 bits per heavy atom. The normalized spacial score (nSPS) is 13.3. The maximum Gasteiger partial charge on any atom is 0.307 e. The standard InChI is InChI=1S/C26H24N2O5S/c1-34(13-12-31-16-19-9-10-21-22(14-19)33-17-32-21)24-23(29)20-8-5-11-27-25(20)28(26(24)30)15-18-6-3-2-4-7-18/h2-11,14H,12-13,15-17H2,1H3. The van der Waals surface area contributed by atoms with Crippen LogP contribution in [0, 0.1) is 0 Å². The summed E-state index contributed by atoms with van der Waals surface area (Å²) in [6.45, 7) is 1.44. The summed E-state index contributed by atoms with van der Waals surface area (Å²) in [6.07, 6.45) is 3.54. The van der Waals surface area contributed by atoms with Gasteiger partial charge in [-0.05, 0) is 35.1 Å². The van der Waals surface area contributed by atoms with Crippen LogP contribution in [0.4, 0.5) is 0 Å². The summed E-state index contributed by atoms with van der Waals surface area (Å²) in [7, 11) is -0.582. The van der Waals surface area contributed by atoms with Crippen molar-refractivity contribution in [1.82, 2.24) is 9.55 Å². The number of rotatable bonds is 8. The first kappa shape index (κ1) is 22.3.